The number of imidazole rings is 1. The van der Waals surface area contributed by atoms with Gasteiger partial charge in [0.05, 0.1) is 19.9 Å². The number of ether oxygens (including phenoxy) is 2. The molecule has 0 saturated carbocycles. The molecule has 0 amide bonds. The fourth-order valence-electron chi connectivity index (χ4n) is 3.28. The van der Waals surface area contributed by atoms with Crippen molar-refractivity contribution in [1.82, 2.24) is 9.55 Å². The second kappa shape index (κ2) is 5.65. The van der Waals surface area contributed by atoms with Crippen LogP contribution < -0.4 is 15.2 Å². The second-order valence-electron chi connectivity index (χ2n) is 5.98. The van der Waals surface area contributed by atoms with Crippen LogP contribution >= 0.6 is 0 Å². The molecule has 0 spiro atoms. The van der Waals surface area contributed by atoms with E-state index in [1.165, 1.54) is 0 Å². The number of benzene rings is 1. The fourth-order valence-corrected chi connectivity index (χ4v) is 3.28. The molecule has 1 aliphatic rings. The van der Waals surface area contributed by atoms with Gasteiger partial charge in [-0.3, -0.25) is 0 Å². The van der Waals surface area contributed by atoms with E-state index in [4.69, 9.17) is 20.2 Å². The number of aromatic nitrogens is 2. The lowest BCUT2D eigenvalue weighted by atomic mass is 9.98. The molecule has 2 N–H and O–H groups in total. The quantitative estimate of drug-likeness (QED) is 0.947. The van der Waals surface area contributed by atoms with Gasteiger partial charge in [-0.05, 0) is 31.5 Å². The zero-order valence-electron chi connectivity index (χ0n) is 13.6. The summed E-state index contributed by atoms with van der Waals surface area (Å²) in [5.41, 5.74) is 9.20. The van der Waals surface area contributed by atoms with Crippen molar-refractivity contribution in [3.05, 3.63) is 29.7 Å². The highest BCUT2D eigenvalue weighted by atomic mass is 16.5. The Balaban J connectivity index is 2.16. The number of fused-ring (bicyclic) bond motifs is 1. The zero-order valence-corrected chi connectivity index (χ0v) is 13.6. The molecule has 5 heteroatoms. The van der Waals surface area contributed by atoms with Gasteiger partial charge in [0.1, 0.15) is 17.3 Å². The molecule has 5 nitrogen and oxygen atoms in total. The molecular formula is C17H23N3O2. The van der Waals surface area contributed by atoms with Crippen molar-refractivity contribution in [3.8, 4) is 22.8 Å². The minimum atomic E-state index is 0.190. The molecule has 0 fully saturated rings. The largest absolute Gasteiger partial charge is 0.497 e. The van der Waals surface area contributed by atoms with E-state index < -0.39 is 0 Å². The van der Waals surface area contributed by atoms with Crippen LogP contribution in [0.4, 0.5) is 0 Å². The van der Waals surface area contributed by atoms with E-state index in [9.17, 15) is 0 Å². The van der Waals surface area contributed by atoms with E-state index in [1.807, 2.05) is 18.2 Å². The maximum absolute atomic E-state index is 6.17. The average molecular weight is 301 g/mol. The third-order valence-corrected chi connectivity index (χ3v) is 4.43. The molecular weight excluding hydrogens is 278 g/mol. The highest BCUT2D eigenvalue weighted by Gasteiger charge is 2.27. The molecule has 0 radical (unpaired) electrons. The molecule has 2 atom stereocenters. The fraction of sp³-hybridized carbons (Fsp3) is 0.471. The Morgan fingerprint density at radius 2 is 2.05 bits per heavy atom. The van der Waals surface area contributed by atoms with E-state index in [0.717, 1.165) is 47.2 Å². The number of nitrogens with two attached hydrogens (primary N) is 1. The molecule has 22 heavy (non-hydrogen) atoms. The van der Waals surface area contributed by atoms with Crippen LogP contribution in [0.1, 0.15) is 30.8 Å². The SMILES string of the molecule is COc1ccc(OC)c(-c2nc3n(c2C)CC(N)CC3C)c1. The number of nitrogens with zero attached hydrogens (tertiary/aromatic N) is 2. The highest BCUT2D eigenvalue weighted by Crippen LogP contribution is 2.37. The Morgan fingerprint density at radius 3 is 2.73 bits per heavy atom. The van der Waals surface area contributed by atoms with E-state index in [-0.39, 0.29) is 6.04 Å². The predicted octanol–water partition coefficient (Wildman–Crippen LogP) is 2.71. The van der Waals surface area contributed by atoms with Crippen molar-refractivity contribution in [2.24, 2.45) is 5.73 Å². The molecule has 1 aromatic carbocycles. The predicted molar refractivity (Wildman–Crippen MR) is 86.5 cm³/mol. The van der Waals surface area contributed by atoms with Crippen molar-refractivity contribution in [2.45, 2.75) is 38.8 Å². The lowest BCUT2D eigenvalue weighted by Gasteiger charge is -2.26. The normalized spacial score (nSPS) is 20.6. The lowest BCUT2D eigenvalue weighted by molar-refractivity contribution is 0.403. The summed E-state index contributed by atoms with van der Waals surface area (Å²) in [6.45, 7) is 5.10. The van der Waals surface area contributed by atoms with Gasteiger partial charge < -0.3 is 19.8 Å². The molecule has 1 aliphatic heterocycles. The van der Waals surface area contributed by atoms with E-state index in [2.05, 4.69) is 18.4 Å². The summed E-state index contributed by atoms with van der Waals surface area (Å²) >= 11 is 0. The first kappa shape index (κ1) is 14.9. The molecule has 0 aliphatic carbocycles. The highest BCUT2D eigenvalue weighted by molar-refractivity contribution is 5.71. The molecule has 2 aromatic rings. The third kappa shape index (κ3) is 2.35. The van der Waals surface area contributed by atoms with E-state index in [1.54, 1.807) is 14.2 Å². The van der Waals surface area contributed by atoms with Crippen molar-refractivity contribution in [3.63, 3.8) is 0 Å². The first-order valence-electron chi connectivity index (χ1n) is 7.60. The zero-order chi connectivity index (χ0) is 15.9. The summed E-state index contributed by atoms with van der Waals surface area (Å²) in [5.74, 6) is 3.08. The van der Waals surface area contributed by atoms with Crippen LogP contribution in [0, 0.1) is 6.92 Å². The smallest absolute Gasteiger partial charge is 0.128 e. The van der Waals surface area contributed by atoms with Gasteiger partial charge in [-0.15, -0.1) is 0 Å². The van der Waals surface area contributed by atoms with Gasteiger partial charge in [0.15, 0.2) is 0 Å². The third-order valence-electron chi connectivity index (χ3n) is 4.43. The summed E-state index contributed by atoms with van der Waals surface area (Å²) in [5, 5.41) is 0. The summed E-state index contributed by atoms with van der Waals surface area (Å²) < 4.78 is 13.1. The topological polar surface area (TPSA) is 62.3 Å². The minimum absolute atomic E-state index is 0.190. The number of hydrogen-bond donors (Lipinski definition) is 1. The van der Waals surface area contributed by atoms with Crippen molar-refractivity contribution in [1.29, 1.82) is 0 Å². The van der Waals surface area contributed by atoms with Crippen LogP contribution in [-0.2, 0) is 6.54 Å². The van der Waals surface area contributed by atoms with Gasteiger partial charge in [-0.25, -0.2) is 4.98 Å². The Labute approximate surface area is 131 Å². The van der Waals surface area contributed by atoms with E-state index >= 15 is 0 Å². The van der Waals surface area contributed by atoms with Crippen molar-refractivity contribution in [2.75, 3.05) is 14.2 Å². The van der Waals surface area contributed by atoms with Crippen LogP contribution in [0.15, 0.2) is 18.2 Å². The van der Waals surface area contributed by atoms with Crippen molar-refractivity contribution >= 4 is 0 Å². The summed E-state index contributed by atoms with van der Waals surface area (Å²) in [7, 11) is 3.34. The molecule has 2 unspecified atom stereocenters. The standard InChI is InChI=1S/C17H23N3O2/c1-10-7-12(18)9-20-11(2)16(19-17(10)20)14-8-13(21-3)5-6-15(14)22-4/h5-6,8,10,12H,7,9,18H2,1-4H3. The summed E-state index contributed by atoms with van der Waals surface area (Å²) in [4.78, 5) is 4.89. The first-order valence-corrected chi connectivity index (χ1v) is 7.60. The number of hydrogen-bond acceptors (Lipinski definition) is 4. The molecule has 0 saturated heterocycles. The molecule has 2 heterocycles. The van der Waals surface area contributed by atoms with Gasteiger partial charge >= 0.3 is 0 Å². The maximum atomic E-state index is 6.17. The maximum Gasteiger partial charge on any atom is 0.128 e. The molecule has 1 aromatic heterocycles. The number of rotatable bonds is 3. The monoisotopic (exact) mass is 301 g/mol. The van der Waals surface area contributed by atoms with Crippen LogP contribution in [0.5, 0.6) is 11.5 Å². The molecule has 0 bridgehead atoms. The van der Waals surface area contributed by atoms with Crippen LogP contribution in [0.25, 0.3) is 11.3 Å². The van der Waals surface area contributed by atoms with Crippen molar-refractivity contribution < 1.29 is 9.47 Å². The Bertz CT molecular complexity index is 693. The molecule has 3 rings (SSSR count). The van der Waals surface area contributed by atoms with Crippen LogP contribution in [-0.4, -0.2) is 29.8 Å². The Hall–Kier alpha value is -2.01. The first-order chi connectivity index (χ1) is 10.5. The van der Waals surface area contributed by atoms with Gasteiger partial charge in [-0.2, -0.15) is 0 Å². The van der Waals surface area contributed by atoms with Gasteiger partial charge in [0, 0.05) is 29.8 Å². The van der Waals surface area contributed by atoms with E-state index in [0.29, 0.717) is 5.92 Å². The second-order valence-corrected chi connectivity index (χ2v) is 5.98. The van der Waals surface area contributed by atoms with Crippen LogP contribution in [0.3, 0.4) is 0 Å². The van der Waals surface area contributed by atoms with Gasteiger partial charge in [0.25, 0.3) is 0 Å². The molecule has 118 valence electrons. The Morgan fingerprint density at radius 1 is 1.27 bits per heavy atom. The number of methoxy groups -OCH3 is 2. The Kier molecular flexibility index (Phi) is 3.83. The summed E-state index contributed by atoms with van der Waals surface area (Å²) in [6, 6.07) is 5.98. The van der Waals surface area contributed by atoms with Crippen LogP contribution in [0.2, 0.25) is 0 Å². The van der Waals surface area contributed by atoms with Gasteiger partial charge in [-0.1, -0.05) is 6.92 Å². The lowest BCUT2D eigenvalue weighted by Crippen LogP contribution is -2.34. The minimum Gasteiger partial charge on any atom is -0.497 e. The van der Waals surface area contributed by atoms with Gasteiger partial charge in [0.2, 0.25) is 0 Å². The summed E-state index contributed by atoms with van der Waals surface area (Å²) in [6.07, 6.45) is 0.977. The average Bonchev–Trinajstić information content (AvgIpc) is 2.84.